The second-order valence-corrected chi connectivity index (χ2v) is 14.8. The molecule has 0 bridgehead atoms. The van der Waals surface area contributed by atoms with Crippen molar-refractivity contribution in [1.82, 2.24) is 4.98 Å². The minimum Gasteiger partial charge on any atom is -0.310 e. The van der Waals surface area contributed by atoms with Crippen LogP contribution in [0.2, 0.25) is 0 Å². The van der Waals surface area contributed by atoms with Crippen molar-refractivity contribution in [3.05, 3.63) is 205 Å². The number of hydrogen-bond acceptors (Lipinski definition) is 2. The molecule has 2 heteroatoms. The van der Waals surface area contributed by atoms with Gasteiger partial charge in [-0.3, -0.25) is 0 Å². The Hall–Kier alpha value is -6.77. The van der Waals surface area contributed by atoms with Gasteiger partial charge in [-0.25, -0.2) is 4.98 Å². The van der Waals surface area contributed by atoms with Gasteiger partial charge in [0.25, 0.3) is 0 Å². The molecule has 0 atom stereocenters. The third kappa shape index (κ3) is 5.30. The van der Waals surface area contributed by atoms with Gasteiger partial charge in [0.2, 0.25) is 0 Å². The third-order valence-electron chi connectivity index (χ3n) is 11.2. The molecule has 0 N–H and O–H groups in total. The number of rotatable bonds is 6. The maximum atomic E-state index is 5.41. The Kier molecular flexibility index (Phi) is 7.52. The number of anilines is 3. The molecule has 1 aliphatic carbocycles. The average molecular weight is 691 g/mol. The summed E-state index contributed by atoms with van der Waals surface area (Å²) in [6.07, 6.45) is 0. The van der Waals surface area contributed by atoms with E-state index in [2.05, 4.69) is 213 Å². The quantitative estimate of drug-likeness (QED) is 0.161. The van der Waals surface area contributed by atoms with Crippen molar-refractivity contribution in [3.8, 4) is 44.6 Å². The average Bonchev–Trinajstić information content (AvgIpc) is 3.46. The molecule has 54 heavy (non-hydrogen) atoms. The van der Waals surface area contributed by atoms with Gasteiger partial charge in [-0.05, 0) is 104 Å². The van der Waals surface area contributed by atoms with Crippen LogP contribution in [-0.4, -0.2) is 4.98 Å². The van der Waals surface area contributed by atoms with Gasteiger partial charge in [0.05, 0.1) is 11.2 Å². The van der Waals surface area contributed by atoms with Crippen molar-refractivity contribution < 1.29 is 0 Å². The van der Waals surface area contributed by atoms with Crippen molar-refractivity contribution in [1.29, 1.82) is 0 Å². The van der Waals surface area contributed by atoms with Gasteiger partial charge >= 0.3 is 0 Å². The number of pyridine rings is 1. The lowest BCUT2D eigenvalue weighted by molar-refractivity contribution is 0.661. The monoisotopic (exact) mass is 690 g/mol. The van der Waals surface area contributed by atoms with E-state index in [0.29, 0.717) is 0 Å². The van der Waals surface area contributed by atoms with E-state index in [4.69, 9.17) is 4.98 Å². The first-order valence-electron chi connectivity index (χ1n) is 18.7. The van der Waals surface area contributed by atoms with Crippen LogP contribution < -0.4 is 4.90 Å². The first kappa shape index (κ1) is 31.9. The lowest BCUT2D eigenvalue weighted by atomic mass is 9.81. The minimum absolute atomic E-state index is 0.112. The highest BCUT2D eigenvalue weighted by atomic mass is 15.1. The van der Waals surface area contributed by atoms with Crippen LogP contribution in [0.15, 0.2) is 194 Å². The van der Waals surface area contributed by atoms with Crippen LogP contribution in [0.4, 0.5) is 17.1 Å². The normalized spacial score (nSPS) is 12.8. The Labute approximate surface area is 316 Å². The van der Waals surface area contributed by atoms with Gasteiger partial charge in [0, 0.05) is 38.8 Å². The highest BCUT2D eigenvalue weighted by molar-refractivity contribution is 6.13. The van der Waals surface area contributed by atoms with Crippen LogP contribution >= 0.6 is 0 Å². The molecule has 0 saturated heterocycles. The Morgan fingerprint density at radius 3 is 1.59 bits per heavy atom. The van der Waals surface area contributed by atoms with E-state index in [1.165, 1.54) is 60.7 Å². The Morgan fingerprint density at radius 2 is 0.926 bits per heavy atom. The number of nitrogens with zero attached hydrogens (tertiary/aromatic N) is 2. The van der Waals surface area contributed by atoms with E-state index >= 15 is 0 Å². The summed E-state index contributed by atoms with van der Waals surface area (Å²) >= 11 is 0. The zero-order valence-electron chi connectivity index (χ0n) is 30.4. The predicted octanol–water partition coefficient (Wildman–Crippen LogP) is 14.2. The van der Waals surface area contributed by atoms with Gasteiger partial charge < -0.3 is 4.90 Å². The summed E-state index contributed by atoms with van der Waals surface area (Å²) < 4.78 is 0. The standard InChI is InChI=1S/C52H38N2/c1-52(2)48-22-11-9-20-43(48)46-33-45-44-21-10-12-23-50(44)53-51(47(45)34-49(46)52)39-18-13-19-42(32-39)54(40-28-24-37(25-29-40)35-14-5-3-6-15-35)41-30-26-38(27-31-41)36-16-7-4-8-17-36/h3-34H,1-2H3. The van der Waals surface area contributed by atoms with Crippen LogP contribution in [0.3, 0.4) is 0 Å². The van der Waals surface area contributed by atoms with Crippen LogP contribution in [0.25, 0.3) is 66.3 Å². The molecule has 1 aromatic heterocycles. The predicted molar refractivity (Wildman–Crippen MR) is 228 cm³/mol. The smallest absolute Gasteiger partial charge is 0.0788 e. The lowest BCUT2D eigenvalue weighted by Gasteiger charge is -2.26. The molecule has 2 nitrogen and oxygen atoms in total. The molecule has 0 saturated carbocycles. The van der Waals surface area contributed by atoms with Crippen molar-refractivity contribution in [2.24, 2.45) is 0 Å². The van der Waals surface area contributed by atoms with Gasteiger partial charge in [-0.2, -0.15) is 0 Å². The van der Waals surface area contributed by atoms with E-state index in [0.717, 1.165) is 33.8 Å². The zero-order valence-corrected chi connectivity index (χ0v) is 30.4. The fraction of sp³-hybridized carbons (Fsp3) is 0.0577. The largest absolute Gasteiger partial charge is 0.310 e. The van der Waals surface area contributed by atoms with E-state index in [9.17, 15) is 0 Å². The third-order valence-corrected chi connectivity index (χ3v) is 11.2. The summed E-state index contributed by atoms with van der Waals surface area (Å²) in [5.74, 6) is 0. The summed E-state index contributed by atoms with van der Waals surface area (Å²) in [7, 11) is 0. The molecule has 0 amide bonds. The number of para-hydroxylation sites is 1. The highest BCUT2D eigenvalue weighted by Crippen LogP contribution is 2.51. The fourth-order valence-corrected chi connectivity index (χ4v) is 8.47. The Bertz CT molecular complexity index is 2740. The van der Waals surface area contributed by atoms with Crippen LogP contribution in [-0.2, 0) is 5.41 Å². The maximum Gasteiger partial charge on any atom is 0.0788 e. The number of aromatic nitrogens is 1. The molecule has 0 aliphatic heterocycles. The fourth-order valence-electron chi connectivity index (χ4n) is 8.47. The maximum absolute atomic E-state index is 5.41. The van der Waals surface area contributed by atoms with Gasteiger partial charge in [0.1, 0.15) is 0 Å². The summed E-state index contributed by atoms with van der Waals surface area (Å²) in [5, 5.41) is 3.59. The van der Waals surface area contributed by atoms with Gasteiger partial charge in [0.15, 0.2) is 0 Å². The van der Waals surface area contributed by atoms with Crippen LogP contribution in [0.1, 0.15) is 25.0 Å². The number of benzene rings is 8. The summed E-state index contributed by atoms with van der Waals surface area (Å²) in [6.45, 7) is 4.70. The van der Waals surface area contributed by atoms with Crippen LogP contribution in [0.5, 0.6) is 0 Å². The van der Waals surface area contributed by atoms with Crippen molar-refractivity contribution in [3.63, 3.8) is 0 Å². The second kappa shape index (κ2) is 12.7. The zero-order chi connectivity index (χ0) is 36.2. The van der Waals surface area contributed by atoms with Crippen molar-refractivity contribution in [2.75, 3.05) is 4.90 Å². The first-order valence-corrected chi connectivity index (χ1v) is 18.7. The molecule has 0 spiro atoms. The van der Waals surface area contributed by atoms with E-state index in [-0.39, 0.29) is 5.41 Å². The molecule has 0 fully saturated rings. The number of fused-ring (bicyclic) bond motifs is 6. The molecule has 0 radical (unpaired) electrons. The second-order valence-electron chi connectivity index (χ2n) is 14.8. The summed E-state index contributed by atoms with van der Waals surface area (Å²) in [5.41, 5.74) is 16.4. The Balaban J connectivity index is 1.14. The van der Waals surface area contributed by atoms with E-state index in [1.54, 1.807) is 0 Å². The highest BCUT2D eigenvalue weighted by Gasteiger charge is 2.36. The molecular formula is C52H38N2. The SMILES string of the molecule is CC1(C)c2ccccc2-c2cc3c(cc21)c(-c1cccc(N(c2ccc(-c4ccccc4)cc2)c2ccc(-c4ccccc4)cc2)c1)nc1ccccc13. The van der Waals surface area contributed by atoms with E-state index < -0.39 is 0 Å². The topological polar surface area (TPSA) is 16.1 Å². The first-order chi connectivity index (χ1) is 26.5. The molecule has 8 aromatic carbocycles. The van der Waals surface area contributed by atoms with Crippen molar-refractivity contribution in [2.45, 2.75) is 19.3 Å². The molecule has 0 unspecified atom stereocenters. The Morgan fingerprint density at radius 1 is 0.370 bits per heavy atom. The van der Waals surface area contributed by atoms with Crippen molar-refractivity contribution >= 4 is 38.7 Å². The van der Waals surface area contributed by atoms with E-state index in [1.807, 2.05) is 0 Å². The number of hydrogen-bond donors (Lipinski definition) is 0. The molecule has 1 heterocycles. The molecule has 1 aliphatic rings. The van der Waals surface area contributed by atoms with Gasteiger partial charge in [-0.1, -0.05) is 153 Å². The minimum atomic E-state index is -0.112. The van der Waals surface area contributed by atoms with Crippen LogP contribution in [0, 0.1) is 0 Å². The molecule has 10 rings (SSSR count). The molecular weight excluding hydrogens is 653 g/mol. The van der Waals surface area contributed by atoms with Gasteiger partial charge in [-0.15, -0.1) is 0 Å². The molecule has 256 valence electrons. The summed E-state index contributed by atoms with van der Waals surface area (Å²) in [6, 6.07) is 70.1. The molecule has 9 aromatic rings. The summed E-state index contributed by atoms with van der Waals surface area (Å²) in [4.78, 5) is 7.77. The lowest BCUT2D eigenvalue weighted by Crippen LogP contribution is -2.14.